The highest BCUT2D eigenvalue weighted by atomic mass is 32.2. The Kier molecular flexibility index (Phi) is 6.73. The van der Waals surface area contributed by atoms with Crippen molar-refractivity contribution in [3.05, 3.63) is 65.7 Å². The van der Waals surface area contributed by atoms with E-state index < -0.39 is 10.0 Å². The van der Waals surface area contributed by atoms with E-state index in [0.717, 1.165) is 11.1 Å². The monoisotopic (exact) mass is 360 g/mol. The summed E-state index contributed by atoms with van der Waals surface area (Å²) in [5, 5.41) is 0. The molecule has 0 bridgehead atoms. The number of benzene rings is 2. The second kappa shape index (κ2) is 8.78. The minimum absolute atomic E-state index is 0.0713. The standard InChI is InChI=1S/C19H24N2O3S/c1-3-21(15-17-7-5-4-6-8-17)19(22)13-14-20-25(23,24)18-11-9-16(2)10-12-18/h4-12,20H,3,13-15H2,1-2H3. The molecule has 0 aliphatic rings. The summed E-state index contributed by atoms with van der Waals surface area (Å²) in [6.07, 6.45) is 0.131. The van der Waals surface area contributed by atoms with Crippen molar-refractivity contribution in [3.8, 4) is 0 Å². The number of sulfonamides is 1. The molecular formula is C19H24N2O3S. The third-order valence-corrected chi connectivity index (χ3v) is 5.39. The van der Waals surface area contributed by atoms with Gasteiger partial charge in [0.25, 0.3) is 0 Å². The second-order valence-corrected chi connectivity index (χ2v) is 7.62. The molecule has 1 N–H and O–H groups in total. The Balaban J connectivity index is 1.89. The van der Waals surface area contributed by atoms with Crippen molar-refractivity contribution < 1.29 is 13.2 Å². The van der Waals surface area contributed by atoms with Crippen molar-refractivity contribution in [2.75, 3.05) is 13.1 Å². The first-order chi connectivity index (χ1) is 11.9. The van der Waals surface area contributed by atoms with E-state index in [2.05, 4.69) is 4.72 Å². The second-order valence-electron chi connectivity index (χ2n) is 5.85. The van der Waals surface area contributed by atoms with Crippen LogP contribution in [0, 0.1) is 6.92 Å². The Morgan fingerprint density at radius 1 is 1.04 bits per heavy atom. The summed E-state index contributed by atoms with van der Waals surface area (Å²) in [5.41, 5.74) is 2.05. The van der Waals surface area contributed by atoms with Crippen LogP contribution in [0.15, 0.2) is 59.5 Å². The fraction of sp³-hybridized carbons (Fsp3) is 0.316. The van der Waals surface area contributed by atoms with E-state index in [1.54, 1.807) is 29.2 Å². The normalized spacial score (nSPS) is 11.3. The van der Waals surface area contributed by atoms with Gasteiger partial charge in [0, 0.05) is 26.1 Å². The molecule has 2 aromatic carbocycles. The van der Waals surface area contributed by atoms with Gasteiger partial charge in [-0.15, -0.1) is 0 Å². The Morgan fingerprint density at radius 3 is 2.28 bits per heavy atom. The molecule has 0 saturated heterocycles. The van der Waals surface area contributed by atoms with Gasteiger partial charge in [-0.05, 0) is 31.5 Å². The average molecular weight is 360 g/mol. The highest BCUT2D eigenvalue weighted by molar-refractivity contribution is 7.89. The molecule has 5 nitrogen and oxygen atoms in total. The Hall–Kier alpha value is -2.18. The first-order valence-electron chi connectivity index (χ1n) is 8.30. The molecule has 0 aliphatic carbocycles. The summed E-state index contributed by atoms with van der Waals surface area (Å²) in [7, 11) is -3.58. The van der Waals surface area contributed by atoms with Gasteiger partial charge >= 0.3 is 0 Å². The molecule has 1 amide bonds. The first kappa shape index (κ1) is 19.1. The maximum Gasteiger partial charge on any atom is 0.240 e. The number of carbonyl (C=O) groups excluding carboxylic acids is 1. The van der Waals surface area contributed by atoms with Crippen LogP contribution in [0.3, 0.4) is 0 Å². The molecular weight excluding hydrogens is 336 g/mol. The smallest absolute Gasteiger partial charge is 0.240 e. The maximum atomic E-state index is 12.3. The van der Waals surface area contributed by atoms with Gasteiger partial charge in [0.2, 0.25) is 15.9 Å². The van der Waals surface area contributed by atoms with E-state index in [9.17, 15) is 13.2 Å². The highest BCUT2D eigenvalue weighted by Crippen LogP contribution is 2.10. The zero-order valence-corrected chi connectivity index (χ0v) is 15.4. The topological polar surface area (TPSA) is 66.5 Å². The number of nitrogens with zero attached hydrogens (tertiary/aromatic N) is 1. The van der Waals surface area contributed by atoms with Gasteiger partial charge in [-0.25, -0.2) is 13.1 Å². The van der Waals surface area contributed by atoms with Crippen LogP contribution in [-0.4, -0.2) is 32.3 Å². The zero-order valence-electron chi connectivity index (χ0n) is 14.6. The van der Waals surface area contributed by atoms with Gasteiger partial charge in [-0.2, -0.15) is 0 Å². The molecule has 0 heterocycles. The fourth-order valence-electron chi connectivity index (χ4n) is 2.43. The lowest BCUT2D eigenvalue weighted by Crippen LogP contribution is -2.34. The van der Waals surface area contributed by atoms with E-state index in [1.807, 2.05) is 44.2 Å². The number of hydrogen-bond acceptors (Lipinski definition) is 3. The van der Waals surface area contributed by atoms with Crippen molar-refractivity contribution in [3.63, 3.8) is 0 Å². The van der Waals surface area contributed by atoms with Crippen LogP contribution in [-0.2, 0) is 21.4 Å². The Bertz CT molecular complexity index is 787. The third-order valence-electron chi connectivity index (χ3n) is 3.91. The Morgan fingerprint density at radius 2 is 1.68 bits per heavy atom. The number of rotatable bonds is 8. The van der Waals surface area contributed by atoms with E-state index in [1.165, 1.54) is 0 Å². The van der Waals surface area contributed by atoms with Gasteiger partial charge in [-0.1, -0.05) is 48.0 Å². The molecule has 0 aliphatic heterocycles. The van der Waals surface area contributed by atoms with Crippen LogP contribution in [0.25, 0.3) is 0 Å². The molecule has 0 fully saturated rings. The lowest BCUT2D eigenvalue weighted by molar-refractivity contribution is -0.131. The van der Waals surface area contributed by atoms with Crippen molar-refractivity contribution in [2.24, 2.45) is 0 Å². The predicted octanol–water partition coefficient (Wildman–Crippen LogP) is 2.71. The van der Waals surface area contributed by atoms with Crippen molar-refractivity contribution in [1.82, 2.24) is 9.62 Å². The Labute approximate surface area is 149 Å². The van der Waals surface area contributed by atoms with Crippen LogP contribution in [0.1, 0.15) is 24.5 Å². The van der Waals surface area contributed by atoms with Gasteiger partial charge in [0.05, 0.1) is 4.90 Å². The number of aryl methyl sites for hydroxylation is 1. The minimum atomic E-state index is -3.58. The van der Waals surface area contributed by atoms with Crippen LogP contribution >= 0.6 is 0 Å². The zero-order chi connectivity index (χ0) is 18.3. The molecule has 0 radical (unpaired) electrons. The molecule has 2 rings (SSSR count). The predicted molar refractivity (Wildman–Crippen MR) is 98.5 cm³/mol. The number of amides is 1. The molecule has 2 aromatic rings. The van der Waals surface area contributed by atoms with Crippen molar-refractivity contribution >= 4 is 15.9 Å². The minimum Gasteiger partial charge on any atom is -0.339 e. The van der Waals surface area contributed by atoms with Gasteiger partial charge in [-0.3, -0.25) is 4.79 Å². The average Bonchev–Trinajstić information content (AvgIpc) is 2.60. The summed E-state index contributed by atoms with van der Waals surface area (Å²) in [5.74, 6) is -0.0713. The summed E-state index contributed by atoms with van der Waals surface area (Å²) < 4.78 is 26.9. The summed E-state index contributed by atoms with van der Waals surface area (Å²) in [6.45, 7) is 5.01. The van der Waals surface area contributed by atoms with E-state index >= 15 is 0 Å². The lowest BCUT2D eigenvalue weighted by Gasteiger charge is -2.21. The summed E-state index contributed by atoms with van der Waals surface area (Å²) in [4.78, 5) is 14.3. The van der Waals surface area contributed by atoms with Gasteiger partial charge < -0.3 is 4.90 Å². The first-order valence-corrected chi connectivity index (χ1v) is 9.78. The number of nitrogens with one attached hydrogen (secondary N) is 1. The lowest BCUT2D eigenvalue weighted by atomic mass is 10.2. The highest BCUT2D eigenvalue weighted by Gasteiger charge is 2.16. The maximum absolute atomic E-state index is 12.3. The van der Waals surface area contributed by atoms with E-state index in [0.29, 0.717) is 13.1 Å². The molecule has 134 valence electrons. The van der Waals surface area contributed by atoms with Crippen LogP contribution in [0.5, 0.6) is 0 Å². The molecule has 25 heavy (non-hydrogen) atoms. The van der Waals surface area contributed by atoms with Crippen LogP contribution < -0.4 is 4.72 Å². The summed E-state index contributed by atoms with van der Waals surface area (Å²) in [6, 6.07) is 16.4. The van der Waals surface area contributed by atoms with Gasteiger partial charge in [0.1, 0.15) is 0 Å². The molecule has 0 spiro atoms. The molecule has 0 atom stereocenters. The largest absolute Gasteiger partial charge is 0.339 e. The SMILES string of the molecule is CCN(Cc1ccccc1)C(=O)CCNS(=O)(=O)c1ccc(C)cc1. The fourth-order valence-corrected chi connectivity index (χ4v) is 3.46. The molecule has 6 heteroatoms. The number of hydrogen-bond donors (Lipinski definition) is 1. The van der Waals surface area contributed by atoms with E-state index in [4.69, 9.17) is 0 Å². The molecule has 0 saturated carbocycles. The van der Waals surface area contributed by atoms with E-state index in [-0.39, 0.29) is 23.8 Å². The third kappa shape index (κ3) is 5.69. The van der Waals surface area contributed by atoms with Crippen molar-refractivity contribution in [2.45, 2.75) is 31.7 Å². The molecule has 0 unspecified atom stereocenters. The van der Waals surface area contributed by atoms with Crippen LogP contribution in [0.2, 0.25) is 0 Å². The quantitative estimate of drug-likeness (QED) is 0.787. The van der Waals surface area contributed by atoms with Crippen LogP contribution in [0.4, 0.5) is 0 Å². The number of carbonyl (C=O) groups is 1. The van der Waals surface area contributed by atoms with Crippen molar-refractivity contribution in [1.29, 1.82) is 0 Å². The van der Waals surface area contributed by atoms with Gasteiger partial charge in [0.15, 0.2) is 0 Å². The summed E-state index contributed by atoms with van der Waals surface area (Å²) >= 11 is 0. The molecule has 0 aromatic heterocycles.